The van der Waals surface area contributed by atoms with E-state index in [9.17, 15) is 9.18 Å². The van der Waals surface area contributed by atoms with Crippen molar-refractivity contribution in [1.29, 1.82) is 0 Å². The van der Waals surface area contributed by atoms with Crippen molar-refractivity contribution in [3.63, 3.8) is 0 Å². The zero-order valence-corrected chi connectivity index (χ0v) is 16.7. The number of amides is 1. The van der Waals surface area contributed by atoms with Gasteiger partial charge in [0.25, 0.3) is 5.91 Å². The van der Waals surface area contributed by atoms with E-state index in [0.717, 1.165) is 42.0 Å². The van der Waals surface area contributed by atoms with Gasteiger partial charge in [0.05, 0.1) is 5.56 Å². The summed E-state index contributed by atoms with van der Waals surface area (Å²) in [4.78, 5) is 14.3. The van der Waals surface area contributed by atoms with Gasteiger partial charge in [0.2, 0.25) is 0 Å². The van der Waals surface area contributed by atoms with E-state index in [1.807, 2.05) is 13.0 Å². The van der Waals surface area contributed by atoms with Crippen molar-refractivity contribution in [2.24, 2.45) is 5.73 Å². The SMILES string of the molecule is Cc1c(C(N)=O)cc(-c2ccc(N3CCCC3)cc2)n1CCc1ccc(F)cc1. The Morgan fingerprint density at radius 3 is 2.31 bits per heavy atom. The predicted molar refractivity (Wildman–Crippen MR) is 115 cm³/mol. The van der Waals surface area contributed by atoms with E-state index >= 15 is 0 Å². The first-order valence-electron chi connectivity index (χ1n) is 10.1. The Morgan fingerprint density at radius 1 is 1.03 bits per heavy atom. The molecule has 5 heteroatoms. The van der Waals surface area contributed by atoms with Crippen LogP contribution in [0.25, 0.3) is 11.3 Å². The third kappa shape index (κ3) is 4.04. The normalized spacial score (nSPS) is 13.8. The third-order valence-electron chi connectivity index (χ3n) is 5.80. The van der Waals surface area contributed by atoms with Gasteiger partial charge in [0, 0.05) is 36.7 Å². The highest BCUT2D eigenvalue weighted by molar-refractivity contribution is 5.95. The van der Waals surface area contributed by atoms with Crippen molar-refractivity contribution in [2.75, 3.05) is 18.0 Å². The van der Waals surface area contributed by atoms with Crippen molar-refractivity contribution in [3.05, 3.63) is 77.2 Å². The average Bonchev–Trinajstić information content (AvgIpc) is 3.36. The number of hydrogen-bond acceptors (Lipinski definition) is 2. The van der Waals surface area contributed by atoms with Crippen molar-refractivity contribution >= 4 is 11.6 Å². The van der Waals surface area contributed by atoms with Gasteiger partial charge in [-0.15, -0.1) is 0 Å². The van der Waals surface area contributed by atoms with Crippen LogP contribution in [0.3, 0.4) is 0 Å². The van der Waals surface area contributed by atoms with Gasteiger partial charge in [-0.2, -0.15) is 0 Å². The summed E-state index contributed by atoms with van der Waals surface area (Å²) in [5, 5.41) is 0. The highest BCUT2D eigenvalue weighted by Crippen LogP contribution is 2.29. The molecule has 0 atom stereocenters. The van der Waals surface area contributed by atoms with E-state index in [0.29, 0.717) is 12.1 Å². The number of halogens is 1. The standard InChI is InChI=1S/C24H26FN3O/c1-17-22(24(26)29)16-23(28(17)15-12-18-4-8-20(25)9-5-18)19-6-10-21(11-7-19)27-13-2-3-14-27/h4-11,16H,2-3,12-15H2,1H3,(H2,26,29). The van der Waals surface area contributed by atoms with Crippen LogP contribution in [0.4, 0.5) is 10.1 Å². The molecular weight excluding hydrogens is 365 g/mol. The van der Waals surface area contributed by atoms with Crippen LogP contribution in [0, 0.1) is 12.7 Å². The summed E-state index contributed by atoms with van der Waals surface area (Å²) in [6, 6.07) is 17.0. The Balaban J connectivity index is 1.63. The van der Waals surface area contributed by atoms with Crippen molar-refractivity contribution in [3.8, 4) is 11.3 Å². The summed E-state index contributed by atoms with van der Waals surface area (Å²) >= 11 is 0. The Morgan fingerprint density at radius 2 is 1.69 bits per heavy atom. The molecule has 1 aliphatic heterocycles. The minimum absolute atomic E-state index is 0.235. The summed E-state index contributed by atoms with van der Waals surface area (Å²) in [7, 11) is 0. The molecule has 150 valence electrons. The van der Waals surface area contributed by atoms with Crippen LogP contribution in [0.1, 0.15) is 34.5 Å². The first-order valence-corrected chi connectivity index (χ1v) is 10.1. The van der Waals surface area contributed by atoms with Crippen molar-refractivity contribution < 1.29 is 9.18 Å². The molecule has 2 aromatic carbocycles. The fraction of sp³-hybridized carbons (Fsp3) is 0.292. The highest BCUT2D eigenvalue weighted by Gasteiger charge is 2.18. The number of aromatic nitrogens is 1. The lowest BCUT2D eigenvalue weighted by molar-refractivity contribution is 0.0999. The maximum absolute atomic E-state index is 13.2. The van der Waals surface area contributed by atoms with Crippen LogP contribution >= 0.6 is 0 Å². The summed E-state index contributed by atoms with van der Waals surface area (Å²) in [6.45, 7) is 4.83. The molecule has 4 nitrogen and oxygen atoms in total. The van der Waals surface area contributed by atoms with E-state index in [1.165, 1.54) is 30.7 Å². The van der Waals surface area contributed by atoms with Crippen LogP contribution < -0.4 is 10.6 Å². The minimum Gasteiger partial charge on any atom is -0.372 e. The van der Waals surface area contributed by atoms with Crippen LogP contribution in [0.5, 0.6) is 0 Å². The molecule has 0 saturated carbocycles. The van der Waals surface area contributed by atoms with Crippen molar-refractivity contribution in [2.45, 2.75) is 32.7 Å². The number of benzene rings is 2. The van der Waals surface area contributed by atoms with E-state index in [1.54, 1.807) is 12.1 Å². The monoisotopic (exact) mass is 391 g/mol. The largest absolute Gasteiger partial charge is 0.372 e. The molecule has 4 rings (SSSR count). The van der Waals surface area contributed by atoms with Crippen LogP contribution in [0.2, 0.25) is 0 Å². The minimum atomic E-state index is -0.419. The number of primary amides is 1. The molecule has 0 aliphatic carbocycles. The molecule has 2 heterocycles. The molecule has 0 unspecified atom stereocenters. The quantitative estimate of drug-likeness (QED) is 0.670. The van der Waals surface area contributed by atoms with Crippen LogP contribution in [0.15, 0.2) is 54.6 Å². The lowest BCUT2D eigenvalue weighted by Gasteiger charge is -2.18. The Hall–Kier alpha value is -3.08. The van der Waals surface area contributed by atoms with Gasteiger partial charge in [-0.25, -0.2) is 4.39 Å². The summed E-state index contributed by atoms with van der Waals surface area (Å²) in [5.41, 5.74) is 11.3. The molecule has 1 fully saturated rings. The fourth-order valence-electron chi connectivity index (χ4n) is 4.13. The zero-order chi connectivity index (χ0) is 20.4. The molecule has 1 aromatic heterocycles. The smallest absolute Gasteiger partial charge is 0.250 e. The Labute approximate surface area is 170 Å². The molecule has 1 aliphatic rings. The predicted octanol–water partition coefficient (Wildman–Crippen LogP) is 4.54. The third-order valence-corrected chi connectivity index (χ3v) is 5.80. The van der Waals surface area contributed by atoms with Gasteiger partial charge in [-0.05, 0) is 67.6 Å². The average molecular weight is 391 g/mol. The molecule has 3 aromatic rings. The zero-order valence-electron chi connectivity index (χ0n) is 16.7. The molecular formula is C24H26FN3O. The van der Waals surface area contributed by atoms with Gasteiger partial charge in [-0.3, -0.25) is 4.79 Å². The number of carbonyl (C=O) groups excluding carboxylic acids is 1. The second-order valence-corrected chi connectivity index (χ2v) is 7.66. The van der Waals surface area contributed by atoms with Gasteiger partial charge in [0.15, 0.2) is 0 Å². The molecule has 29 heavy (non-hydrogen) atoms. The van der Waals surface area contributed by atoms with Gasteiger partial charge >= 0.3 is 0 Å². The van der Waals surface area contributed by atoms with Crippen LogP contribution in [-0.4, -0.2) is 23.6 Å². The first-order chi connectivity index (χ1) is 14.0. The first kappa shape index (κ1) is 19.2. The molecule has 2 N–H and O–H groups in total. The van der Waals surface area contributed by atoms with Crippen molar-refractivity contribution in [1.82, 2.24) is 4.57 Å². The van der Waals surface area contributed by atoms with Gasteiger partial charge in [0.1, 0.15) is 5.82 Å². The number of hydrogen-bond donors (Lipinski definition) is 1. The molecule has 1 saturated heterocycles. The number of carbonyl (C=O) groups is 1. The lowest BCUT2D eigenvalue weighted by Crippen LogP contribution is -2.17. The maximum atomic E-state index is 13.2. The number of nitrogens with two attached hydrogens (primary N) is 1. The van der Waals surface area contributed by atoms with Crippen LogP contribution in [-0.2, 0) is 13.0 Å². The highest BCUT2D eigenvalue weighted by atomic mass is 19.1. The summed E-state index contributed by atoms with van der Waals surface area (Å²) in [5.74, 6) is -0.654. The van der Waals surface area contributed by atoms with Gasteiger partial charge < -0.3 is 15.2 Å². The van der Waals surface area contributed by atoms with E-state index in [-0.39, 0.29) is 5.82 Å². The second kappa shape index (κ2) is 8.11. The van der Waals surface area contributed by atoms with E-state index in [4.69, 9.17) is 5.73 Å². The second-order valence-electron chi connectivity index (χ2n) is 7.66. The molecule has 0 spiro atoms. The summed E-state index contributed by atoms with van der Waals surface area (Å²) < 4.78 is 15.3. The lowest BCUT2D eigenvalue weighted by atomic mass is 10.1. The molecule has 0 radical (unpaired) electrons. The summed E-state index contributed by atoms with van der Waals surface area (Å²) in [6.07, 6.45) is 3.23. The molecule has 0 bridgehead atoms. The Kier molecular flexibility index (Phi) is 5.38. The molecule has 1 amide bonds. The topological polar surface area (TPSA) is 51.3 Å². The van der Waals surface area contributed by atoms with Gasteiger partial charge in [-0.1, -0.05) is 24.3 Å². The number of nitrogens with zero attached hydrogens (tertiary/aromatic N) is 2. The fourth-order valence-corrected chi connectivity index (χ4v) is 4.13. The number of anilines is 1. The number of rotatable bonds is 6. The number of aryl methyl sites for hydroxylation is 1. The van der Waals surface area contributed by atoms with E-state index in [2.05, 4.69) is 33.7 Å². The maximum Gasteiger partial charge on any atom is 0.250 e. The Bertz CT molecular complexity index is 1000. The van der Waals surface area contributed by atoms with E-state index < -0.39 is 5.91 Å².